The zero-order chi connectivity index (χ0) is 29.1. The van der Waals surface area contributed by atoms with Gasteiger partial charge in [0.1, 0.15) is 19.0 Å². The van der Waals surface area contributed by atoms with Crippen LogP contribution in [0.1, 0.15) is 33.0 Å². The maximum atomic E-state index is 14.0. The summed E-state index contributed by atoms with van der Waals surface area (Å²) in [6.45, 7) is 0.201. The van der Waals surface area contributed by atoms with Crippen LogP contribution in [-0.2, 0) is 11.3 Å². The van der Waals surface area contributed by atoms with Gasteiger partial charge in [-0.3, -0.25) is 4.90 Å². The molecule has 0 heterocycles. The van der Waals surface area contributed by atoms with Gasteiger partial charge in [0.05, 0.1) is 17.8 Å². The molecule has 6 heteroatoms. The molecule has 6 rings (SSSR count). The molecular weight excluding hydrogens is 526 g/mol. The number of rotatable bonds is 8. The lowest BCUT2D eigenvalue weighted by Gasteiger charge is -2.26. The minimum Gasteiger partial charge on any atom is -0.479 e. The molecule has 1 aliphatic carbocycles. The number of anilines is 1. The number of hydrogen-bond donors (Lipinski definition) is 1. The van der Waals surface area contributed by atoms with Crippen molar-refractivity contribution in [1.29, 1.82) is 0 Å². The molecule has 1 amide bonds. The number of carbonyl (C=O) groups excluding carboxylic acids is 1. The first-order valence-corrected chi connectivity index (χ1v) is 13.6. The molecule has 6 nitrogen and oxygen atoms in total. The molecule has 0 fully saturated rings. The predicted molar refractivity (Wildman–Crippen MR) is 163 cm³/mol. The Kier molecular flexibility index (Phi) is 7.32. The highest BCUT2D eigenvalue weighted by atomic mass is 16.6. The summed E-state index contributed by atoms with van der Waals surface area (Å²) in [7, 11) is 0. The Morgan fingerprint density at radius 1 is 0.833 bits per heavy atom. The minimum atomic E-state index is -1.12. The maximum absolute atomic E-state index is 14.0. The molecule has 5 aromatic carbocycles. The summed E-state index contributed by atoms with van der Waals surface area (Å²) >= 11 is 0. The molecule has 206 valence electrons. The lowest BCUT2D eigenvalue weighted by Crippen LogP contribution is -2.32. The zero-order valence-electron chi connectivity index (χ0n) is 22.7. The summed E-state index contributed by atoms with van der Waals surface area (Å²) in [5.74, 6) is 1.36. The molecule has 1 aliphatic rings. The summed E-state index contributed by atoms with van der Waals surface area (Å²) in [6, 6.07) is 34.5. The lowest BCUT2D eigenvalue weighted by molar-refractivity contribution is 0.0696. The van der Waals surface area contributed by atoms with Crippen molar-refractivity contribution in [1.82, 2.24) is 0 Å². The number of terminal acetylenes is 1. The Morgan fingerprint density at radius 2 is 1.50 bits per heavy atom. The highest BCUT2D eigenvalue weighted by Crippen LogP contribution is 2.44. The van der Waals surface area contributed by atoms with Crippen LogP contribution in [0.2, 0.25) is 0 Å². The van der Waals surface area contributed by atoms with Crippen LogP contribution in [0.25, 0.3) is 21.9 Å². The van der Waals surface area contributed by atoms with Gasteiger partial charge >= 0.3 is 12.1 Å². The van der Waals surface area contributed by atoms with E-state index in [0.29, 0.717) is 5.69 Å². The van der Waals surface area contributed by atoms with Crippen LogP contribution in [0.15, 0.2) is 109 Å². The fourth-order valence-electron chi connectivity index (χ4n) is 5.63. The van der Waals surface area contributed by atoms with Gasteiger partial charge in [0.2, 0.25) is 0 Å². The average Bonchev–Trinajstić information content (AvgIpc) is 3.35. The Bertz CT molecular complexity index is 1800. The maximum Gasteiger partial charge on any atom is 0.414 e. The summed E-state index contributed by atoms with van der Waals surface area (Å²) < 4.78 is 11.8. The van der Waals surface area contributed by atoms with Gasteiger partial charge in [-0.25, -0.2) is 9.59 Å². The Morgan fingerprint density at radius 3 is 2.21 bits per heavy atom. The molecule has 5 aromatic rings. The number of carbonyl (C=O) groups is 2. The number of amides is 1. The highest BCUT2D eigenvalue weighted by Gasteiger charge is 2.31. The summed E-state index contributed by atoms with van der Waals surface area (Å²) in [4.78, 5) is 27.2. The number of hydrogen-bond acceptors (Lipinski definition) is 4. The third kappa shape index (κ3) is 5.04. The van der Waals surface area contributed by atoms with Crippen LogP contribution in [0, 0.1) is 12.3 Å². The van der Waals surface area contributed by atoms with Crippen molar-refractivity contribution in [2.24, 2.45) is 0 Å². The SMILES string of the molecule is C#CCOc1cc(C(=O)O)ccc1N(Cc1cccc2ccccc12)C(=O)OCC1c2ccccc2-c2ccccc21. The molecule has 0 bridgehead atoms. The Hall–Kier alpha value is -5.54. The zero-order valence-corrected chi connectivity index (χ0v) is 22.7. The molecule has 42 heavy (non-hydrogen) atoms. The standard InChI is InChI=1S/C36H27NO5/c1-2-20-41-34-21-25(35(38)39)18-19-33(34)37(22-26-12-9-11-24-10-3-4-13-27(24)26)36(40)42-23-32-30-16-7-5-14-28(30)29-15-6-8-17-31(29)32/h1,3-19,21,32H,20,22-23H2,(H,38,39). The molecular formula is C36H27NO5. The molecule has 0 saturated carbocycles. The van der Waals surface area contributed by atoms with E-state index in [1.807, 2.05) is 66.7 Å². The van der Waals surface area contributed by atoms with Crippen molar-refractivity contribution in [2.45, 2.75) is 12.5 Å². The van der Waals surface area contributed by atoms with Gasteiger partial charge in [0.15, 0.2) is 0 Å². The van der Waals surface area contributed by atoms with E-state index in [1.165, 1.54) is 17.0 Å². The number of aromatic carboxylic acids is 1. The predicted octanol–water partition coefficient (Wildman–Crippen LogP) is 7.51. The van der Waals surface area contributed by atoms with Crippen LogP contribution < -0.4 is 9.64 Å². The quantitative estimate of drug-likeness (QED) is 0.201. The number of benzene rings is 5. The topological polar surface area (TPSA) is 76.1 Å². The van der Waals surface area contributed by atoms with E-state index in [1.54, 1.807) is 6.07 Å². The number of nitrogens with zero attached hydrogens (tertiary/aromatic N) is 1. The fraction of sp³-hybridized carbons (Fsp3) is 0.111. The van der Waals surface area contributed by atoms with Gasteiger partial charge in [-0.15, -0.1) is 6.42 Å². The van der Waals surface area contributed by atoms with Crippen LogP contribution in [0.3, 0.4) is 0 Å². The summed E-state index contributed by atoms with van der Waals surface area (Å²) in [5.41, 5.74) is 5.76. The minimum absolute atomic E-state index is 0.0171. The van der Waals surface area contributed by atoms with E-state index >= 15 is 0 Å². The van der Waals surface area contributed by atoms with Gasteiger partial charge in [-0.2, -0.15) is 0 Å². The number of carboxylic acid groups (broad SMARTS) is 1. The van der Waals surface area contributed by atoms with Crippen molar-refractivity contribution in [3.8, 4) is 29.2 Å². The molecule has 0 unspecified atom stereocenters. The second-order valence-corrected chi connectivity index (χ2v) is 10.0. The van der Waals surface area contributed by atoms with Crippen molar-refractivity contribution >= 4 is 28.5 Å². The largest absolute Gasteiger partial charge is 0.479 e. The normalized spacial score (nSPS) is 11.8. The van der Waals surface area contributed by atoms with Crippen molar-refractivity contribution in [2.75, 3.05) is 18.1 Å². The van der Waals surface area contributed by atoms with Crippen molar-refractivity contribution < 1.29 is 24.2 Å². The molecule has 0 aliphatic heterocycles. The molecule has 0 aromatic heterocycles. The van der Waals surface area contributed by atoms with E-state index in [9.17, 15) is 14.7 Å². The summed E-state index contributed by atoms with van der Waals surface area (Å²) in [6.07, 6.45) is 4.86. The smallest absolute Gasteiger partial charge is 0.414 e. The molecule has 0 saturated heterocycles. The van der Waals surface area contributed by atoms with Crippen LogP contribution in [0.4, 0.5) is 10.5 Å². The van der Waals surface area contributed by atoms with E-state index in [0.717, 1.165) is 38.6 Å². The van der Waals surface area contributed by atoms with E-state index < -0.39 is 12.1 Å². The second-order valence-electron chi connectivity index (χ2n) is 10.0. The molecule has 0 radical (unpaired) electrons. The van der Waals surface area contributed by atoms with Crippen LogP contribution >= 0.6 is 0 Å². The molecule has 0 spiro atoms. The third-order valence-electron chi connectivity index (χ3n) is 7.57. The average molecular weight is 554 g/mol. The molecule has 1 N–H and O–H groups in total. The van der Waals surface area contributed by atoms with Gasteiger partial charge < -0.3 is 14.6 Å². The van der Waals surface area contributed by atoms with Gasteiger partial charge in [-0.05, 0) is 56.8 Å². The number of fused-ring (bicyclic) bond motifs is 4. The lowest BCUT2D eigenvalue weighted by atomic mass is 9.98. The van der Waals surface area contributed by atoms with E-state index in [-0.39, 0.29) is 37.0 Å². The van der Waals surface area contributed by atoms with E-state index in [2.05, 4.69) is 30.2 Å². The Labute approximate surface area is 243 Å². The second kappa shape index (κ2) is 11.5. The fourth-order valence-corrected chi connectivity index (χ4v) is 5.63. The van der Waals surface area contributed by atoms with Crippen molar-refractivity contribution in [3.05, 3.63) is 131 Å². The highest BCUT2D eigenvalue weighted by molar-refractivity contribution is 5.94. The Balaban J connectivity index is 1.37. The number of ether oxygens (including phenoxy) is 2. The first kappa shape index (κ1) is 26.7. The molecule has 0 atom stereocenters. The summed E-state index contributed by atoms with van der Waals surface area (Å²) in [5, 5.41) is 11.6. The first-order valence-electron chi connectivity index (χ1n) is 13.6. The van der Waals surface area contributed by atoms with Gasteiger partial charge in [0.25, 0.3) is 0 Å². The van der Waals surface area contributed by atoms with Gasteiger partial charge in [-0.1, -0.05) is 96.9 Å². The third-order valence-corrected chi connectivity index (χ3v) is 7.57. The number of carboxylic acids is 1. The van der Waals surface area contributed by atoms with Crippen molar-refractivity contribution in [3.63, 3.8) is 0 Å². The van der Waals surface area contributed by atoms with E-state index in [4.69, 9.17) is 15.9 Å². The first-order chi connectivity index (χ1) is 20.5. The van der Waals surface area contributed by atoms with Crippen LogP contribution in [-0.4, -0.2) is 30.4 Å². The monoisotopic (exact) mass is 553 g/mol. The van der Waals surface area contributed by atoms with Gasteiger partial charge in [0, 0.05) is 5.92 Å². The van der Waals surface area contributed by atoms with Crippen LogP contribution in [0.5, 0.6) is 5.75 Å².